The number of hydrogen-bond acceptors (Lipinski definition) is 2. The normalized spacial score (nSPS) is 23.6. The number of amides is 1. The molecule has 1 N–H and O–H groups in total. The van der Waals surface area contributed by atoms with Crippen molar-refractivity contribution in [3.63, 3.8) is 0 Å². The van der Waals surface area contributed by atoms with Gasteiger partial charge in [0.2, 0.25) is 5.91 Å². The second-order valence-corrected chi connectivity index (χ2v) is 4.44. The van der Waals surface area contributed by atoms with E-state index in [9.17, 15) is 18.0 Å². The Labute approximate surface area is 108 Å². The van der Waals surface area contributed by atoms with E-state index in [0.717, 1.165) is 6.07 Å². The fourth-order valence-corrected chi connectivity index (χ4v) is 2.28. The molecule has 6 heteroatoms. The largest absolute Gasteiger partial charge is 0.416 e. The molecular weight excluding hydrogens is 257 g/mol. The SMILES string of the molecule is N#CC1CC(c2ccccc2C(F)(F)F)CNC1=O. The van der Waals surface area contributed by atoms with Crippen LogP contribution in [0.25, 0.3) is 0 Å². The quantitative estimate of drug-likeness (QED) is 0.850. The molecule has 1 amide bonds. The van der Waals surface area contributed by atoms with E-state index in [1.807, 2.05) is 6.07 Å². The Kier molecular flexibility index (Phi) is 3.47. The average Bonchev–Trinajstić information content (AvgIpc) is 2.38. The summed E-state index contributed by atoms with van der Waals surface area (Å²) in [5.74, 6) is -1.79. The molecule has 3 nitrogen and oxygen atoms in total. The van der Waals surface area contributed by atoms with Crippen LogP contribution in [0, 0.1) is 17.2 Å². The smallest absolute Gasteiger partial charge is 0.354 e. The highest BCUT2D eigenvalue weighted by Crippen LogP contribution is 2.37. The van der Waals surface area contributed by atoms with Crippen molar-refractivity contribution in [2.75, 3.05) is 6.54 Å². The molecule has 0 aromatic heterocycles. The van der Waals surface area contributed by atoms with Crippen LogP contribution < -0.4 is 5.32 Å². The molecule has 0 aliphatic carbocycles. The first kappa shape index (κ1) is 13.4. The molecule has 2 unspecified atom stereocenters. The third kappa shape index (κ3) is 2.70. The topological polar surface area (TPSA) is 52.9 Å². The predicted molar refractivity (Wildman–Crippen MR) is 60.9 cm³/mol. The van der Waals surface area contributed by atoms with Crippen molar-refractivity contribution in [3.05, 3.63) is 35.4 Å². The van der Waals surface area contributed by atoms with Crippen LogP contribution in [-0.2, 0) is 11.0 Å². The standard InChI is InChI=1S/C13H11F3N2O/c14-13(15,16)11-4-2-1-3-10(11)9-5-8(6-17)12(19)18-7-9/h1-4,8-9H,5,7H2,(H,18,19). The predicted octanol–water partition coefficient (Wildman–Crippen LogP) is 2.45. The van der Waals surface area contributed by atoms with Crippen LogP contribution >= 0.6 is 0 Å². The van der Waals surface area contributed by atoms with Crippen molar-refractivity contribution >= 4 is 5.91 Å². The summed E-state index contributed by atoms with van der Waals surface area (Å²) in [5.41, 5.74) is -0.567. The Morgan fingerprint density at radius 2 is 2.00 bits per heavy atom. The van der Waals surface area contributed by atoms with Crippen LogP contribution in [-0.4, -0.2) is 12.5 Å². The van der Waals surface area contributed by atoms with Crippen molar-refractivity contribution in [2.45, 2.75) is 18.5 Å². The number of hydrogen-bond donors (Lipinski definition) is 1. The van der Waals surface area contributed by atoms with Gasteiger partial charge in [0.1, 0.15) is 5.92 Å². The lowest BCUT2D eigenvalue weighted by Crippen LogP contribution is -2.40. The number of rotatable bonds is 1. The van der Waals surface area contributed by atoms with Crippen LogP contribution in [0.4, 0.5) is 13.2 Å². The van der Waals surface area contributed by atoms with Gasteiger partial charge in [0.05, 0.1) is 11.6 Å². The van der Waals surface area contributed by atoms with E-state index in [1.54, 1.807) is 0 Å². The summed E-state index contributed by atoms with van der Waals surface area (Å²) in [7, 11) is 0. The fraction of sp³-hybridized carbons (Fsp3) is 0.385. The molecule has 0 spiro atoms. The number of halogens is 3. The van der Waals surface area contributed by atoms with E-state index < -0.39 is 29.5 Å². The maximum atomic E-state index is 12.9. The Hall–Kier alpha value is -2.03. The number of carbonyl (C=O) groups excluding carboxylic acids is 1. The average molecular weight is 268 g/mol. The summed E-state index contributed by atoms with van der Waals surface area (Å²) in [6.07, 6.45) is -4.31. The van der Waals surface area contributed by atoms with Gasteiger partial charge < -0.3 is 5.32 Å². The molecule has 1 aromatic carbocycles. The molecular formula is C13H11F3N2O. The number of nitriles is 1. The van der Waals surface area contributed by atoms with Crippen molar-refractivity contribution in [3.8, 4) is 6.07 Å². The minimum absolute atomic E-state index is 0.120. The zero-order valence-corrected chi connectivity index (χ0v) is 9.87. The van der Waals surface area contributed by atoms with Gasteiger partial charge in [0.25, 0.3) is 0 Å². The fourth-order valence-electron chi connectivity index (χ4n) is 2.28. The zero-order chi connectivity index (χ0) is 14.0. The van der Waals surface area contributed by atoms with E-state index in [4.69, 9.17) is 5.26 Å². The Balaban J connectivity index is 2.33. The molecule has 1 aliphatic heterocycles. The third-order valence-corrected chi connectivity index (χ3v) is 3.22. The van der Waals surface area contributed by atoms with Crippen molar-refractivity contribution in [1.29, 1.82) is 5.26 Å². The molecule has 1 aliphatic rings. The maximum absolute atomic E-state index is 12.9. The van der Waals surface area contributed by atoms with E-state index in [2.05, 4.69) is 5.32 Å². The minimum Gasteiger partial charge on any atom is -0.354 e. The van der Waals surface area contributed by atoms with Crippen LogP contribution in [0.5, 0.6) is 0 Å². The molecule has 2 atom stereocenters. The van der Waals surface area contributed by atoms with Crippen LogP contribution in [0.3, 0.4) is 0 Å². The first-order chi connectivity index (χ1) is 8.93. The van der Waals surface area contributed by atoms with Crippen molar-refractivity contribution in [1.82, 2.24) is 5.32 Å². The number of nitrogens with one attached hydrogen (secondary N) is 1. The summed E-state index contributed by atoms with van der Waals surface area (Å²) in [5, 5.41) is 11.3. The number of alkyl halides is 3. The first-order valence-corrected chi connectivity index (χ1v) is 5.77. The van der Waals surface area contributed by atoms with Crippen LogP contribution in [0.1, 0.15) is 23.5 Å². The molecule has 1 fully saturated rings. The molecule has 1 saturated heterocycles. The molecule has 0 bridgehead atoms. The van der Waals surface area contributed by atoms with Gasteiger partial charge in [-0.15, -0.1) is 0 Å². The van der Waals surface area contributed by atoms with Crippen LogP contribution in [0.15, 0.2) is 24.3 Å². The highest BCUT2D eigenvalue weighted by Gasteiger charge is 2.37. The second kappa shape index (κ2) is 4.92. The number of piperidine rings is 1. The molecule has 1 heterocycles. The summed E-state index contributed by atoms with van der Waals surface area (Å²) >= 11 is 0. The lowest BCUT2D eigenvalue weighted by Gasteiger charge is -2.28. The van der Waals surface area contributed by atoms with E-state index in [-0.39, 0.29) is 18.5 Å². The molecule has 0 radical (unpaired) electrons. The number of nitrogens with zero attached hydrogens (tertiary/aromatic N) is 1. The molecule has 0 saturated carbocycles. The summed E-state index contributed by atoms with van der Waals surface area (Å²) in [6, 6.07) is 7.10. The number of carbonyl (C=O) groups is 1. The number of benzene rings is 1. The van der Waals surface area contributed by atoms with E-state index in [1.165, 1.54) is 18.2 Å². The summed E-state index contributed by atoms with van der Waals surface area (Å²) in [6.45, 7) is 0.129. The van der Waals surface area contributed by atoms with Crippen molar-refractivity contribution in [2.24, 2.45) is 5.92 Å². The lowest BCUT2D eigenvalue weighted by atomic mass is 9.83. The van der Waals surface area contributed by atoms with Gasteiger partial charge >= 0.3 is 6.18 Å². The van der Waals surface area contributed by atoms with Gasteiger partial charge in [-0.2, -0.15) is 18.4 Å². The summed E-state index contributed by atoms with van der Waals surface area (Å²) in [4.78, 5) is 11.3. The molecule has 19 heavy (non-hydrogen) atoms. The van der Waals surface area contributed by atoms with E-state index >= 15 is 0 Å². The molecule has 2 rings (SSSR count). The minimum atomic E-state index is -4.43. The van der Waals surface area contributed by atoms with Gasteiger partial charge in [0, 0.05) is 12.5 Å². The highest BCUT2D eigenvalue weighted by atomic mass is 19.4. The Bertz CT molecular complexity index is 533. The first-order valence-electron chi connectivity index (χ1n) is 5.77. The zero-order valence-electron chi connectivity index (χ0n) is 9.87. The summed E-state index contributed by atoms with van der Waals surface area (Å²) < 4.78 is 38.7. The highest BCUT2D eigenvalue weighted by molar-refractivity contribution is 5.82. The van der Waals surface area contributed by atoms with Crippen LogP contribution in [0.2, 0.25) is 0 Å². The van der Waals surface area contributed by atoms with Gasteiger partial charge in [-0.25, -0.2) is 0 Å². The second-order valence-electron chi connectivity index (χ2n) is 4.44. The monoisotopic (exact) mass is 268 g/mol. The third-order valence-electron chi connectivity index (χ3n) is 3.22. The molecule has 1 aromatic rings. The van der Waals surface area contributed by atoms with Gasteiger partial charge in [0.15, 0.2) is 0 Å². The van der Waals surface area contributed by atoms with Crippen molar-refractivity contribution < 1.29 is 18.0 Å². The Morgan fingerprint density at radius 3 is 2.63 bits per heavy atom. The maximum Gasteiger partial charge on any atom is 0.416 e. The van der Waals surface area contributed by atoms with Gasteiger partial charge in [-0.3, -0.25) is 4.79 Å². The van der Waals surface area contributed by atoms with Gasteiger partial charge in [-0.05, 0) is 18.1 Å². The lowest BCUT2D eigenvalue weighted by molar-refractivity contribution is -0.138. The van der Waals surface area contributed by atoms with E-state index in [0.29, 0.717) is 0 Å². The molecule has 100 valence electrons. The van der Waals surface area contributed by atoms with Gasteiger partial charge in [-0.1, -0.05) is 18.2 Å². The Morgan fingerprint density at radius 1 is 1.32 bits per heavy atom.